The Morgan fingerprint density at radius 3 is 2.78 bits per heavy atom. The first kappa shape index (κ1) is 13.6. The molecule has 0 aromatic heterocycles. The molecule has 0 aromatic carbocycles. The topological polar surface area (TPSA) is 55.8 Å². The second-order valence-electron chi connectivity index (χ2n) is 6.12. The van der Waals surface area contributed by atoms with E-state index in [4.69, 9.17) is 9.47 Å². The van der Waals surface area contributed by atoms with Gasteiger partial charge >= 0.3 is 5.97 Å². The van der Waals surface area contributed by atoms with Gasteiger partial charge in [0.15, 0.2) is 0 Å². The van der Waals surface area contributed by atoms with E-state index >= 15 is 0 Å². The van der Waals surface area contributed by atoms with Gasteiger partial charge in [0.25, 0.3) is 0 Å². The lowest BCUT2D eigenvalue weighted by molar-refractivity contribution is -0.158. The molecule has 102 valence electrons. The van der Waals surface area contributed by atoms with Gasteiger partial charge in [-0.05, 0) is 40.0 Å². The molecule has 0 amide bonds. The molecule has 2 saturated heterocycles. The van der Waals surface area contributed by atoms with Gasteiger partial charge in [-0.1, -0.05) is 6.58 Å². The summed E-state index contributed by atoms with van der Waals surface area (Å²) in [5.74, 6) is -0.220. The minimum Gasteiger partial charge on any atom is -0.456 e. The number of rotatable bonds is 4. The van der Waals surface area contributed by atoms with Gasteiger partial charge in [-0.15, -0.1) is 0 Å². The third kappa shape index (κ3) is 2.19. The molecule has 4 nitrogen and oxygen atoms in total. The van der Waals surface area contributed by atoms with Crippen LogP contribution >= 0.6 is 0 Å². The van der Waals surface area contributed by atoms with E-state index in [-0.39, 0.29) is 24.6 Å². The molecule has 2 aliphatic heterocycles. The number of aliphatic hydroxyl groups excluding tert-OH is 1. The summed E-state index contributed by atoms with van der Waals surface area (Å²) in [7, 11) is 0. The van der Waals surface area contributed by atoms with Crippen molar-refractivity contribution in [1.82, 2.24) is 0 Å². The monoisotopic (exact) mass is 254 g/mol. The van der Waals surface area contributed by atoms with Gasteiger partial charge in [-0.2, -0.15) is 0 Å². The van der Waals surface area contributed by atoms with Crippen LogP contribution in [0.5, 0.6) is 0 Å². The summed E-state index contributed by atoms with van der Waals surface area (Å²) in [6.07, 6.45) is 2.67. The molecule has 3 unspecified atom stereocenters. The molecule has 0 saturated carbocycles. The number of hydrogen-bond donors (Lipinski definition) is 1. The van der Waals surface area contributed by atoms with Crippen molar-refractivity contribution in [2.24, 2.45) is 5.92 Å². The summed E-state index contributed by atoms with van der Waals surface area (Å²) in [6.45, 7) is 9.11. The van der Waals surface area contributed by atoms with E-state index in [0.717, 1.165) is 19.3 Å². The number of carbonyl (C=O) groups excluding carboxylic acids is 1. The van der Waals surface area contributed by atoms with Gasteiger partial charge in [0.1, 0.15) is 5.60 Å². The van der Waals surface area contributed by atoms with Crippen LogP contribution in [0.3, 0.4) is 0 Å². The molecule has 3 atom stereocenters. The lowest BCUT2D eigenvalue weighted by atomic mass is 9.74. The zero-order valence-electron chi connectivity index (χ0n) is 11.4. The highest BCUT2D eigenvalue weighted by atomic mass is 16.6. The molecule has 2 rings (SSSR count). The van der Waals surface area contributed by atoms with Crippen LogP contribution in [0.25, 0.3) is 0 Å². The van der Waals surface area contributed by atoms with Crippen LogP contribution in [-0.2, 0) is 14.3 Å². The first-order valence-corrected chi connectivity index (χ1v) is 6.47. The first-order valence-electron chi connectivity index (χ1n) is 6.47. The average molecular weight is 254 g/mol. The highest BCUT2D eigenvalue weighted by Crippen LogP contribution is 2.51. The molecule has 2 fully saturated rings. The smallest absolute Gasteiger partial charge is 0.333 e. The SMILES string of the molecule is C=C(C)C(=O)OC(C)(C)C1CC2(CO)CCC1O2. The number of hydrogen-bond acceptors (Lipinski definition) is 4. The maximum absolute atomic E-state index is 11.7. The van der Waals surface area contributed by atoms with Crippen LogP contribution in [0.2, 0.25) is 0 Å². The van der Waals surface area contributed by atoms with Crippen molar-refractivity contribution in [3.8, 4) is 0 Å². The molecule has 0 radical (unpaired) electrons. The highest BCUT2D eigenvalue weighted by Gasteiger charge is 2.56. The third-order valence-electron chi connectivity index (χ3n) is 4.21. The summed E-state index contributed by atoms with van der Waals surface area (Å²) in [6, 6.07) is 0. The number of esters is 1. The van der Waals surface area contributed by atoms with Crippen LogP contribution in [-0.4, -0.2) is 35.0 Å². The lowest BCUT2D eigenvalue weighted by Gasteiger charge is -2.36. The van der Waals surface area contributed by atoms with E-state index in [2.05, 4.69) is 6.58 Å². The Labute approximate surface area is 108 Å². The van der Waals surface area contributed by atoms with Crippen molar-refractivity contribution in [3.05, 3.63) is 12.2 Å². The molecule has 0 aromatic rings. The van der Waals surface area contributed by atoms with Crippen molar-refractivity contribution in [2.45, 2.75) is 57.3 Å². The molecule has 1 N–H and O–H groups in total. The van der Waals surface area contributed by atoms with Crippen LogP contribution in [0.15, 0.2) is 12.2 Å². The van der Waals surface area contributed by atoms with E-state index in [1.54, 1.807) is 6.92 Å². The largest absolute Gasteiger partial charge is 0.456 e. The first-order chi connectivity index (χ1) is 8.30. The van der Waals surface area contributed by atoms with Gasteiger partial charge in [-0.25, -0.2) is 4.79 Å². The molecule has 0 spiro atoms. The van der Waals surface area contributed by atoms with E-state index < -0.39 is 11.2 Å². The van der Waals surface area contributed by atoms with Crippen LogP contribution < -0.4 is 0 Å². The van der Waals surface area contributed by atoms with E-state index in [9.17, 15) is 9.90 Å². The molecular formula is C14H22O4. The van der Waals surface area contributed by atoms with Crippen molar-refractivity contribution >= 4 is 5.97 Å². The second kappa shape index (κ2) is 4.35. The molecule has 4 heteroatoms. The van der Waals surface area contributed by atoms with E-state index in [0.29, 0.717) is 5.57 Å². The van der Waals surface area contributed by atoms with Crippen molar-refractivity contribution in [2.75, 3.05) is 6.61 Å². The number of aliphatic hydroxyl groups is 1. The second-order valence-corrected chi connectivity index (χ2v) is 6.12. The summed E-state index contributed by atoms with van der Waals surface area (Å²) in [4.78, 5) is 11.7. The zero-order chi connectivity index (χ0) is 13.6. The number of fused-ring (bicyclic) bond motifs is 2. The molecule has 0 aliphatic carbocycles. The van der Waals surface area contributed by atoms with Gasteiger partial charge in [0, 0.05) is 11.5 Å². The molecule has 2 heterocycles. The Morgan fingerprint density at radius 2 is 2.28 bits per heavy atom. The Morgan fingerprint density at radius 1 is 1.61 bits per heavy atom. The highest BCUT2D eigenvalue weighted by molar-refractivity contribution is 5.87. The Bertz CT molecular complexity index is 374. The predicted octanol–water partition coefficient (Wildman–Crippen LogP) is 1.81. The Kier molecular flexibility index (Phi) is 3.28. The van der Waals surface area contributed by atoms with Gasteiger partial charge in [-0.3, -0.25) is 0 Å². The molecule has 18 heavy (non-hydrogen) atoms. The van der Waals surface area contributed by atoms with E-state index in [1.807, 2.05) is 13.8 Å². The number of carbonyl (C=O) groups is 1. The van der Waals surface area contributed by atoms with Crippen molar-refractivity contribution in [3.63, 3.8) is 0 Å². The maximum atomic E-state index is 11.7. The Balaban J connectivity index is 2.08. The van der Waals surface area contributed by atoms with Crippen LogP contribution in [0.4, 0.5) is 0 Å². The fourth-order valence-corrected chi connectivity index (χ4v) is 3.09. The van der Waals surface area contributed by atoms with Crippen molar-refractivity contribution < 1.29 is 19.4 Å². The summed E-state index contributed by atoms with van der Waals surface area (Å²) < 4.78 is 11.4. The standard InChI is InChI=1S/C14H22O4/c1-9(2)12(16)18-13(3,4)10-7-14(8-15)6-5-11(10)17-14/h10-11,15H,1,5-8H2,2-4H3. The minimum absolute atomic E-state index is 0.0461. The average Bonchev–Trinajstić information content (AvgIpc) is 2.86. The lowest BCUT2D eigenvalue weighted by Crippen LogP contribution is -2.43. The third-order valence-corrected chi connectivity index (χ3v) is 4.21. The summed E-state index contributed by atoms with van der Waals surface area (Å²) in [5.41, 5.74) is -0.579. The predicted molar refractivity (Wildman–Crippen MR) is 67.0 cm³/mol. The zero-order valence-corrected chi connectivity index (χ0v) is 11.4. The van der Waals surface area contributed by atoms with E-state index in [1.165, 1.54) is 0 Å². The Hall–Kier alpha value is -0.870. The minimum atomic E-state index is -0.585. The quantitative estimate of drug-likeness (QED) is 0.614. The fraction of sp³-hybridized carbons (Fsp3) is 0.786. The fourth-order valence-electron chi connectivity index (χ4n) is 3.09. The van der Waals surface area contributed by atoms with Crippen LogP contribution in [0.1, 0.15) is 40.0 Å². The molecule has 2 aliphatic rings. The van der Waals surface area contributed by atoms with Gasteiger partial charge < -0.3 is 14.6 Å². The summed E-state index contributed by atoms with van der Waals surface area (Å²) >= 11 is 0. The van der Waals surface area contributed by atoms with Gasteiger partial charge in [0.05, 0.1) is 18.3 Å². The summed E-state index contributed by atoms with van der Waals surface area (Å²) in [5, 5.41) is 9.45. The van der Waals surface area contributed by atoms with Crippen LogP contribution in [0, 0.1) is 5.92 Å². The normalized spacial score (nSPS) is 34.7. The number of ether oxygens (including phenoxy) is 2. The van der Waals surface area contributed by atoms with Gasteiger partial charge in [0.2, 0.25) is 0 Å². The molecule has 2 bridgehead atoms. The maximum Gasteiger partial charge on any atom is 0.333 e. The molecular weight excluding hydrogens is 232 g/mol. The van der Waals surface area contributed by atoms with Crippen molar-refractivity contribution in [1.29, 1.82) is 0 Å².